The third-order valence-corrected chi connectivity index (χ3v) is 8.36. The van der Waals surface area contributed by atoms with Gasteiger partial charge in [0.15, 0.2) is 5.69 Å². The van der Waals surface area contributed by atoms with Crippen molar-refractivity contribution >= 4 is 28.6 Å². The van der Waals surface area contributed by atoms with Crippen molar-refractivity contribution in [2.45, 2.75) is 37.8 Å². The number of rotatable bonds is 6. The molecule has 2 fully saturated rings. The molecule has 0 spiro atoms. The highest BCUT2D eigenvalue weighted by Crippen LogP contribution is 2.37. The van der Waals surface area contributed by atoms with E-state index in [1.54, 1.807) is 9.80 Å². The van der Waals surface area contributed by atoms with Crippen LogP contribution in [-0.4, -0.2) is 79.1 Å². The number of fused-ring (bicyclic) bond motifs is 1. The molecule has 5 heterocycles. The maximum Gasteiger partial charge on any atom is 0.435 e. The number of amides is 1. The highest BCUT2D eigenvalue weighted by Gasteiger charge is 2.39. The summed E-state index contributed by atoms with van der Waals surface area (Å²) < 4.78 is 83.5. The predicted octanol–water partition coefficient (Wildman–Crippen LogP) is 3.90. The van der Waals surface area contributed by atoms with Gasteiger partial charge in [-0.3, -0.25) is 14.3 Å². The number of nitrogens with zero attached hydrogens (tertiary/aromatic N) is 10. The van der Waals surface area contributed by atoms with Gasteiger partial charge in [0.25, 0.3) is 5.56 Å². The standard InChI is InChI=1S/C30H26F6N10O2/c1-3-23(47)44-12-11-42(14-18(44)7-9-37)26-20-13-38-46(21-6-4-5-17(2)24(21)30(34,35)36)27(48)25(20)39-28(40-26)43-15-19(16-43)45-10-8-22(41-45)29(31,32)33/h3-6,8,10,13,18-19H,1,7,11-12,14-16H2,2H3/t18-/m0/s1. The van der Waals surface area contributed by atoms with Gasteiger partial charge in [0, 0.05) is 38.9 Å². The zero-order chi connectivity index (χ0) is 34.5. The van der Waals surface area contributed by atoms with Crippen molar-refractivity contribution in [3.63, 3.8) is 0 Å². The van der Waals surface area contributed by atoms with Crippen LogP contribution in [0.4, 0.5) is 38.1 Å². The van der Waals surface area contributed by atoms with Crippen LogP contribution in [0.5, 0.6) is 0 Å². The monoisotopic (exact) mass is 672 g/mol. The molecule has 1 aromatic carbocycles. The molecule has 1 amide bonds. The number of aryl methyl sites for hydroxylation is 1. The number of nitriles is 1. The third-order valence-electron chi connectivity index (χ3n) is 8.36. The summed E-state index contributed by atoms with van der Waals surface area (Å²) in [6.07, 6.45) is -5.90. The Balaban J connectivity index is 1.44. The lowest BCUT2D eigenvalue weighted by atomic mass is 10.1. The van der Waals surface area contributed by atoms with Crippen molar-refractivity contribution in [1.29, 1.82) is 5.26 Å². The molecular weight excluding hydrogens is 646 g/mol. The number of hydrogen-bond acceptors (Lipinski definition) is 9. The van der Waals surface area contributed by atoms with Crippen LogP contribution in [0.25, 0.3) is 16.6 Å². The largest absolute Gasteiger partial charge is 0.435 e. The fraction of sp³-hybridized carbons (Fsp3) is 0.367. The van der Waals surface area contributed by atoms with Crippen LogP contribution >= 0.6 is 0 Å². The lowest BCUT2D eigenvalue weighted by molar-refractivity contribution is -0.141. The Morgan fingerprint density at radius 2 is 1.81 bits per heavy atom. The number of alkyl halides is 6. The number of carbonyl (C=O) groups excluding carboxylic acids is 1. The van der Waals surface area contributed by atoms with Gasteiger partial charge >= 0.3 is 12.4 Å². The molecule has 2 aliphatic rings. The van der Waals surface area contributed by atoms with Crippen LogP contribution < -0.4 is 15.4 Å². The predicted molar refractivity (Wildman–Crippen MR) is 159 cm³/mol. The molecular formula is C30H26F6N10O2. The van der Waals surface area contributed by atoms with Crippen molar-refractivity contribution in [2.75, 3.05) is 42.5 Å². The van der Waals surface area contributed by atoms with E-state index in [-0.39, 0.29) is 73.3 Å². The minimum atomic E-state index is -4.80. The molecule has 4 aromatic rings. The summed E-state index contributed by atoms with van der Waals surface area (Å²) in [7, 11) is 0. The first kappa shape index (κ1) is 32.5. The molecule has 250 valence electrons. The summed E-state index contributed by atoms with van der Waals surface area (Å²) >= 11 is 0. The number of benzene rings is 1. The van der Waals surface area contributed by atoms with Crippen molar-refractivity contribution < 1.29 is 31.1 Å². The molecule has 0 bridgehead atoms. The van der Waals surface area contributed by atoms with E-state index in [1.807, 2.05) is 0 Å². The maximum absolute atomic E-state index is 14.1. The average molecular weight is 673 g/mol. The number of hydrogen-bond donors (Lipinski definition) is 0. The molecule has 0 N–H and O–H groups in total. The van der Waals surface area contributed by atoms with Gasteiger partial charge in [0.2, 0.25) is 11.9 Å². The summed E-state index contributed by atoms with van der Waals surface area (Å²) in [4.78, 5) is 40.4. The first-order chi connectivity index (χ1) is 22.7. The highest BCUT2D eigenvalue weighted by atomic mass is 19.4. The van der Waals surface area contributed by atoms with Gasteiger partial charge in [0.05, 0.1) is 47.4 Å². The molecule has 3 aromatic heterocycles. The Morgan fingerprint density at radius 1 is 1.06 bits per heavy atom. The van der Waals surface area contributed by atoms with Crippen molar-refractivity contribution in [2.24, 2.45) is 0 Å². The Morgan fingerprint density at radius 3 is 2.46 bits per heavy atom. The van der Waals surface area contributed by atoms with Gasteiger partial charge in [-0.2, -0.15) is 51.5 Å². The van der Waals surface area contributed by atoms with E-state index in [4.69, 9.17) is 0 Å². The number of carbonyl (C=O) groups is 1. The molecule has 2 aliphatic heterocycles. The number of piperazine rings is 1. The molecule has 18 heteroatoms. The molecule has 0 saturated carbocycles. The van der Waals surface area contributed by atoms with Crippen LogP contribution in [0.1, 0.15) is 29.3 Å². The van der Waals surface area contributed by atoms with E-state index in [0.717, 1.165) is 18.2 Å². The first-order valence-electron chi connectivity index (χ1n) is 14.6. The molecule has 1 atom stereocenters. The number of anilines is 2. The second-order valence-electron chi connectivity index (χ2n) is 11.4. The molecule has 0 aliphatic carbocycles. The van der Waals surface area contributed by atoms with E-state index < -0.39 is 46.9 Å². The van der Waals surface area contributed by atoms with Crippen LogP contribution in [0.15, 0.2) is 54.1 Å². The van der Waals surface area contributed by atoms with Gasteiger partial charge in [-0.15, -0.1) is 0 Å². The number of halogens is 6. The van der Waals surface area contributed by atoms with Crippen LogP contribution in [0, 0.1) is 18.3 Å². The summed E-state index contributed by atoms with van der Waals surface area (Å²) in [5, 5.41) is 17.3. The maximum atomic E-state index is 14.1. The fourth-order valence-corrected chi connectivity index (χ4v) is 5.96. The minimum absolute atomic E-state index is 0.00789. The van der Waals surface area contributed by atoms with Gasteiger partial charge < -0.3 is 14.7 Å². The van der Waals surface area contributed by atoms with Crippen molar-refractivity contribution in [3.8, 4) is 11.8 Å². The second-order valence-corrected chi connectivity index (χ2v) is 11.4. The van der Waals surface area contributed by atoms with Gasteiger partial charge in [-0.1, -0.05) is 18.7 Å². The lowest BCUT2D eigenvalue weighted by Crippen LogP contribution is -2.55. The number of aromatic nitrogens is 6. The Bertz CT molecular complexity index is 2010. The molecule has 48 heavy (non-hydrogen) atoms. The van der Waals surface area contributed by atoms with Crippen molar-refractivity contribution in [1.82, 2.24) is 34.4 Å². The smallest absolute Gasteiger partial charge is 0.352 e. The van der Waals surface area contributed by atoms with E-state index >= 15 is 0 Å². The summed E-state index contributed by atoms with van der Waals surface area (Å²) in [5.74, 6) is -0.165. The first-order valence-corrected chi connectivity index (χ1v) is 14.6. The SMILES string of the molecule is C=CC(=O)N1CCN(c2nc(N3CC(n4ccc(C(F)(F)F)n4)C3)nc3c(=O)n(-c4cccc(C)c4C(F)(F)F)ncc23)C[C@@H]1CC#N. The molecule has 2 saturated heterocycles. The zero-order valence-corrected chi connectivity index (χ0v) is 25.2. The summed E-state index contributed by atoms with van der Waals surface area (Å²) in [5.41, 5.74) is -3.91. The molecule has 0 unspecified atom stereocenters. The van der Waals surface area contributed by atoms with E-state index in [0.29, 0.717) is 4.68 Å². The summed E-state index contributed by atoms with van der Waals surface area (Å²) in [6, 6.07) is 5.63. The second kappa shape index (κ2) is 12.0. The zero-order valence-electron chi connectivity index (χ0n) is 25.2. The highest BCUT2D eigenvalue weighted by molar-refractivity contribution is 5.90. The van der Waals surface area contributed by atoms with Crippen LogP contribution in [0.3, 0.4) is 0 Å². The van der Waals surface area contributed by atoms with Gasteiger partial charge in [0.1, 0.15) is 11.3 Å². The van der Waals surface area contributed by atoms with Crippen molar-refractivity contribution in [3.05, 3.63) is 76.5 Å². The van der Waals surface area contributed by atoms with E-state index in [2.05, 4.69) is 32.8 Å². The topological polar surface area (TPSA) is 129 Å². The van der Waals surface area contributed by atoms with Gasteiger partial charge in [-0.05, 0) is 30.7 Å². The summed E-state index contributed by atoms with van der Waals surface area (Å²) in [6.45, 7) is 5.53. The van der Waals surface area contributed by atoms with Gasteiger partial charge in [-0.25, -0.2) is 4.98 Å². The normalized spacial score (nSPS) is 17.4. The van der Waals surface area contributed by atoms with Crippen LogP contribution in [0.2, 0.25) is 0 Å². The third kappa shape index (κ3) is 5.80. The lowest BCUT2D eigenvalue weighted by Gasteiger charge is -2.42. The Labute approximate surface area is 268 Å². The quantitative estimate of drug-likeness (QED) is 0.221. The minimum Gasteiger partial charge on any atom is -0.352 e. The fourth-order valence-electron chi connectivity index (χ4n) is 5.96. The Hall–Kier alpha value is -5.47. The van der Waals surface area contributed by atoms with E-state index in [1.165, 1.54) is 41.0 Å². The Kier molecular flexibility index (Phi) is 8.09. The van der Waals surface area contributed by atoms with Crippen LogP contribution in [-0.2, 0) is 17.1 Å². The molecule has 0 radical (unpaired) electrons. The average Bonchev–Trinajstić information content (AvgIpc) is 3.50. The van der Waals surface area contributed by atoms with E-state index in [9.17, 15) is 41.2 Å². The molecule has 6 rings (SSSR count). The molecule has 12 nitrogen and oxygen atoms in total.